The van der Waals surface area contributed by atoms with Gasteiger partial charge in [0, 0.05) is 0 Å². The molecule has 0 fully saturated rings. The largest absolute Gasteiger partial charge is 0.504 e. The number of carbonyl (C=O) groups excluding carboxylic acids is 1. The number of phenols is 1. The van der Waals surface area contributed by atoms with Gasteiger partial charge in [0.25, 0.3) is 0 Å². The molecular weight excluding hydrogens is 356 g/mol. The molecule has 0 radical (unpaired) electrons. The lowest BCUT2D eigenvalue weighted by Crippen LogP contribution is -2.18. The van der Waals surface area contributed by atoms with Gasteiger partial charge in [-0.1, -0.05) is 48.5 Å². The summed E-state index contributed by atoms with van der Waals surface area (Å²) in [7, 11) is 1.55. The van der Waals surface area contributed by atoms with Crippen molar-refractivity contribution in [2.45, 2.75) is 13.0 Å². The molecule has 3 rings (SSSR count). The van der Waals surface area contributed by atoms with Crippen LogP contribution >= 0.6 is 0 Å². The Bertz CT molecular complexity index is 852. The number of hydrogen-bond donors (Lipinski definition) is 3. The highest BCUT2D eigenvalue weighted by molar-refractivity contribution is 5.44. The summed E-state index contributed by atoms with van der Waals surface area (Å²) < 4.78 is 10.9. The third-order valence-electron chi connectivity index (χ3n) is 3.89. The summed E-state index contributed by atoms with van der Waals surface area (Å²) in [5, 5.41) is 9.65. The Kier molecular flexibility index (Phi) is 8.36. The number of methoxy groups -OCH3 is 1. The monoisotopic (exact) mass is 380 g/mol. The molecule has 0 heterocycles. The molecule has 0 saturated carbocycles. The summed E-state index contributed by atoms with van der Waals surface area (Å²) in [5.41, 5.74) is 5.16. The molecule has 146 valence electrons. The SMILES string of the molecule is COc1cc(Cc2ccc(OCc3ccccc3)cc2)ccc1O.NNC=O. The van der Waals surface area contributed by atoms with E-state index in [1.807, 2.05) is 54.6 Å². The number of nitrogens with two attached hydrogens (primary N) is 1. The first-order valence-electron chi connectivity index (χ1n) is 8.67. The zero-order valence-electron chi connectivity index (χ0n) is 15.7. The van der Waals surface area contributed by atoms with E-state index in [0.29, 0.717) is 18.8 Å². The van der Waals surface area contributed by atoms with Crippen LogP contribution in [-0.2, 0) is 17.8 Å². The number of benzene rings is 3. The van der Waals surface area contributed by atoms with E-state index in [0.717, 1.165) is 23.3 Å². The number of aromatic hydroxyl groups is 1. The van der Waals surface area contributed by atoms with Crippen LogP contribution < -0.4 is 20.7 Å². The Balaban J connectivity index is 0.000000640. The molecule has 0 aliphatic heterocycles. The van der Waals surface area contributed by atoms with E-state index in [1.165, 1.54) is 5.56 Å². The van der Waals surface area contributed by atoms with Crippen LogP contribution in [0.3, 0.4) is 0 Å². The standard InChI is InChI=1S/C21H20O3.CH4N2O/c1-23-21-14-18(9-12-20(21)22)13-16-7-10-19(11-8-16)24-15-17-5-3-2-4-6-17;2-3-1-4/h2-12,14,22H,13,15H2,1H3;1H,2H2,(H,3,4). The highest BCUT2D eigenvalue weighted by atomic mass is 16.5. The lowest BCUT2D eigenvalue weighted by Gasteiger charge is -2.09. The number of hydrazine groups is 1. The van der Waals surface area contributed by atoms with Crippen LogP contribution in [0.4, 0.5) is 0 Å². The second kappa shape index (κ2) is 11.3. The Labute approximate surface area is 164 Å². The molecule has 0 unspecified atom stereocenters. The number of amides is 1. The van der Waals surface area contributed by atoms with Gasteiger partial charge in [-0.2, -0.15) is 0 Å². The summed E-state index contributed by atoms with van der Waals surface area (Å²) in [6, 6.07) is 23.6. The van der Waals surface area contributed by atoms with Gasteiger partial charge in [-0.3, -0.25) is 10.2 Å². The van der Waals surface area contributed by atoms with E-state index in [-0.39, 0.29) is 5.75 Å². The van der Waals surface area contributed by atoms with E-state index >= 15 is 0 Å². The maximum Gasteiger partial charge on any atom is 0.221 e. The quantitative estimate of drug-likeness (QED) is 0.253. The Hall–Kier alpha value is -3.51. The fraction of sp³-hybridized carbons (Fsp3) is 0.136. The number of nitrogens with one attached hydrogen (secondary N) is 1. The minimum absolute atomic E-state index is 0.158. The van der Waals surface area contributed by atoms with Crippen LogP contribution in [0, 0.1) is 0 Å². The molecule has 3 aromatic carbocycles. The molecule has 0 aliphatic rings. The molecule has 1 amide bonds. The second-order valence-electron chi connectivity index (χ2n) is 5.89. The molecule has 0 spiro atoms. The molecule has 0 saturated heterocycles. The normalized spacial score (nSPS) is 9.64. The number of phenolic OH excluding ortho intramolecular Hbond substituents is 1. The van der Waals surface area contributed by atoms with Gasteiger partial charge in [0.2, 0.25) is 6.41 Å². The molecular formula is C22H24N2O4. The molecule has 0 aliphatic carbocycles. The van der Waals surface area contributed by atoms with Gasteiger partial charge in [-0.25, -0.2) is 5.84 Å². The van der Waals surface area contributed by atoms with Crippen LogP contribution in [0.1, 0.15) is 16.7 Å². The van der Waals surface area contributed by atoms with E-state index in [4.69, 9.17) is 14.3 Å². The number of hydrogen-bond acceptors (Lipinski definition) is 5. The fourth-order valence-electron chi connectivity index (χ4n) is 2.51. The number of ether oxygens (including phenoxy) is 2. The Morgan fingerprint density at radius 1 is 0.964 bits per heavy atom. The maximum atomic E-state index is 9.65. The van der Waals surface area contributed by atoms with Gasteiger partial charge in [0.05, 0.1) is 7.11 Å². The van der Waals surface area contributed by atoms with Gasteiger partial charge in [0.15, 0.2) is 11.5 Å². The van der Waals surface area contributed by atoms with Crippen molar-refractivity contribution < 1.29 is 19.4 Å². The highest BCUT2D eigenvalue weighted by Gasteiger charge is 2.04. The molecule has 0 bridgehead atoms. The summed E-state index contributed by atoms with van der Waals surface area (Å²) in [6.45, 7) is 0.565. The Morgan fingerprint density at radius 3 is 2.21 bits per heavy atom. The van der Waals surface area contributed by atoms with E-state index in [1.54, 1.807) is 18.6 Å². The predicted octanol–water partition coefficient (Wildman–Crippen LogP) is 3.18. The first-order valence-corrected chi connectivity index (χ1v) is 8.67. The average molecular weight is 380 g/mol. The van der Waals surface area contributed by atoms with Gasteiger partial charge in [-0.05, 0) is 47.4 Å². The van der Waals surface area contributed by atoms with Gasteiger partial charge >= 0.3 is 0 Å². The van der Waals surface area contributed by atoms with E-state index in [2.05, 4.69) is 18.0 Å². The predicted molar refractivity (Wildman–Crippen MR) is 108 cm³/mol. The fourth-order valence-corrected chi connectivity index (χ4v) is 2.51. The first-order chi connectivity index (χ1) is 13.7. The first kappa shape index (κ1) is 20.8. The van der Waals surface area contributed by atoms with Crippen LogP contribution in [0.2, 0.25) is 0 Å². The minimum Gasteiger partial charge on any atom is -0.504 e. The molecule has 0 aromatic heterocycles. The molecule has 6 nitrogen and oxygen atoms in total. The van der Waals surface area contributed by atoms with Crippen molar-refractivity contribution in [3.8, 4) is 17.2 Å². The zero-order valence-corrected chi connectivity index (χ0v) is 15.7. The lowest BCUT2D eigenvalue weighted by molar-refractivity contribution is -0.109. The molecule has 0 atom stereocenters. The molecule has 4 N–H and O–H groups in total. The van der Waals surface area contributed by atoms with Crippen molar-refractivity contribution in [3.63, 3.8) is 0 Å². The Morgan fingerprint density at radius 2 is 1.61 bits per heavy atom. The van der Waals surface area contributed by atoms with Crippen molar-refractivity contribution in [1.29, 1.82) is 0 Å². The van der Waals surface area contributed by atoms with Crippen LogP contribution in [0.15, 0.2) is 72.8 Å². The second-order valence-corrected chi connectivity index (χ2v) is 5.89. The number of carbonyl (C=O) groups is 1. The van der Waals surface area contributed by atoms with Crippen LogP contribution in [-0.4, -0.2) is 18.6 Å². The maximum absolute atomic E-state index is 9.65. The van der Waals surface area contributed by atoms with Crippen molar-refractivity contribution in [3.05, 3.63) is 89.5 Å². The number of rotatable bonds is 7. The molecule has 3 aromatic rings. The average Bonchev–Trinajstić information content (AvgIpc) is 2.75. The topological polar surface area (TPSA) is 93.8 Å². The van der Waals surface area contributed by atoms with Gasteiger partial charge in [-0.15, -0.1) is 0 Å². The minimum atomic E-state index is 0.158. The van der Waals surface area contributed by atoms with Crippen LogP contribution in [0.5, 0.6) is 17.2 Å². The van der Waals surface area contributed by atoms with Crippen molar-refractivity contribution >= 4 is 6.41 Å². The summed E-state index contributed by atoms with van der Waals surface area (Å²) in [5.74, 6) is 5.92. The summed E-state index contributed by atoms with van der Waals surface area (Å²) in [4.78, 5) is 8.94. The highest BCUT2D eigenvalue weighted by Crippen LogP contribution is 2.27. The smallest absolute Gasteiger partial charge is 0.221 e. The van der Waals surface area contributed by atoms with E-state index in [9.17, 15) is 5.11 Å². The third kappa shape index (κ3) is 6.66. The van der Waals surface area contributed by atoms with Crippen molar-refractivity contribution in [1.82, 2.24) is 5.43 Å². The third-order valence-corrected chi connectivity index (χ3v) is 3.89. The summed E-state index contributed by atoms with van der Waals surface area (Å²) >= 11 is 0. The molecule has 28 heavy (non-hydrogen) atoms. The van der Waals surface area contributed by atoms with Crippen LogP contribution in [0.25, 0.3) is 0 Å². The lowest BCUT2D eigenvalue weighted by atomic mass is 10.0. The van der Waals surface area contributed by atoms with E-state index < -0.39 is 0 Å². The van der Waals surface area contributed by atoms with Crippen molar-refractivity contribution in [2.75, 3.05) is 7.11 Å². The zero-order chi connectivity index (χ0) is 20.2. The van der Waals surface area contributed by atoms with Crippen molar-refractivity contribution in [2.24, 2.45) is 5.84 Å². The molecule has 6 heteroatoms. The van der Waals surface area contributed by atoms with Gasteiger partial charge < -0.3 is 14.6 Å². The van der Waals surface area contributed by atoms with Gasteiger partial charge in [0.1, 0.15) is 12.4 Å². The summed E-state index contributed by atoms with van der Waals surface area (Å²) in [6.07, 6.45) is 1.18.